The van der Waals surface area contributed by atoms with Gasteiger partial charge < -0.3 is 15.7 Å². The number of rotatable bonds is 7. The standard InChI is InChI=1S/C14H28N2O2/c1-11(2)8-15-13(18)12(3)16-9-14(10-17)6-4-5-7-14/h11-12,16-17H,4-10H2,1-3H3,(H,15,18). The second-order valence-corrected chi connectivity index (χ2v) is 6.11. The van der Waals surface area contributed by atoms with Gasteiger partial charge in [-0.25, -0.2) is 0 Å². The molecule has 1 aliphatic carbocycles. The lowest BCUT2D eigenvalue weighted by Crippen LogP contribution is -2.47. The summed E-state index contributed by atoms with van der Waals surface area (Å²) in [6, 6.07) is -0.187. The minimum atomic E-state index is -0.187. The Morgan fingerprint density at radius 3 is 2.39 bits per heavy atom. The van der Waals surface area contributed by atoms with Gasteiger partial charge in [-0.15, -0.1) is 0 Å². The van der Waals surface area contributed by atoms with E-state index in [0.717, 1.165) is 25.9 Å². The lowest BCUT2D eigenvalue weighted by Gasteiger charge is -2.28. The van der Waals surface area contributed by atoms with E-state index in [1.165, 1.54) is 12.8 Å². The topological polar surface area (TPSA) is 61.4 Å². The van der Waals surface area contributed by atoms with Crippen LogP contribution in [0.4, 0.5) is 0 Å². The van der Waals surface area contributed by atoms with Gasteiger partial charge in [0, 0.05) is 25.1 Å². The average Bonchev–Trinajstić information content (AvgIpc) is 2.82. The molecule has 0 spiro atoms. The van der Waals surface area contributed by atoms with Crippen molar-refractivity contribution in [3.8, 4) is 0 Å². The van der Waals surface area contributed by atoms with Gasteiger partial charge in [-0.05, 0) is 25.7 Å². The van der Waals surface area contributed by atoms with E-state index in [-0.39, 0.29) is 24.0 Å². The number of hydrogen-bond acceptors (Lipinski definition) is 3. The molecule has 18 heavy (non-hydrogen) atoms. The van der Waals surface area contributed by atoms with Crippen LogP contribution < -0.4 is 10.6 Å². The van der Waals surface area contributed by atoms with Crippen LogP contribution in [0.1, 0.15) is 46.5 Å². The van der Waals surface area contributed by atoms with Gasteiger partial charge in [-0.1, -0.05) is 26.7 Å². The Labute approximate surface area is 111 Å². The number of carbonyl (C=O) groups is 1. The Balaban J connectivity index is 2.31. The highest BCUT2D eigenvalue weighted by Gasteiger charge is 2.33. The Morgan fingerprint density at radius 2 is 1.89 bits per heavy atom. The molecule has 3 N–H and O–H groups in total. The minimum Gasteiger partial charge on any atom is -0.396 e. The van der Waals surface area contributed by atoms with E-state index in [2.05, 4.69) is 24.5 Å². The van der Waals surface area contributed by atoms with E-state index >= 15 is 0 Å². The first-order chi connectivity index (χ1) is 8.49. The van der Waals surface area contributed by atoms with Crippen LogP contribution in [0.25, 0.3) is 0 Å². The van der Waals surface area contributed by atoms with Crippen molar-refractivity contribution in [3.63, 3.8) is 0 Å². The Hall–Kier alpha value is -0.610. The van der Waals surface area contributed by atoms with E-state index < -0.39 is 0 Å². The molecule has 4 nitrogen and oxygen atoms in total. The number of aliphatic hydroxyl groups is 1. The molecule has 0 saturated heterocycles. The van der Waals surface area contributed by atoms with Crippen LogP contribution in [-0.2, 0) is 4.79 Å². The molecule has 0 bridgehead atoms. The van der Waals surface area contributed by atoms with Gasteiger partial charge in [-0.2, -0.15) is 0 Å². The lowest BCUT2D eigenvalue weighted by atomic mass is 9.87. The minimum absolute atomic E-state index is 0.00654. The number of carbonyl (C=O) groups excluding carboxylic acids is 1. The summed E-state index contributed by atoms with van der Waals surface area (Å²) in [5.74, 6) is 0.523. The smallest absolute Gasteiger partial charge is 0.236 e. The van der Waals surface area contributed by atoms with E-state index in [4.69, 9.17) is 0 Å². The Kier molecular flexibility index (Phi) is 6.09. The summed E-state index contributed by atoms with van der Waals surface area (Å²) in [7, 11) is 0. The van der Waals surface area contributed by atoms with Gasteiger partial charge in [0.1, 0.15) is 0 Å². The maximum Gasteiger partial charge on any atom is 0.236 e. The SMILES string of the molecule is CC(C)CNC(=O)C(C)NCC1(CO)CCCC1. The lowest BCUT2D eigenvalue weighted by molar-refractivity contribution is -0.123. The molecule has 1 amide bonds. The van der Waals surface area contributed by atoms with Crippen LogP contribution in [-0.4, -0.2) is 36.8 Å². The maximum atomic E-state index is 11.8. The molecular weight excluding hydrogens is 228 g/mol. The second-order valence-electron chi connectivity index (χ2n) is 6.11. The largest absolute Gasteiger partial charge is 0.396 e. The first-order valence-electron chi connectivity index (χ1n) is 7.11. The molecule has 0 heterocycles. The number of aliphatic hydroxyl groups excluding tert-OH is 1. The van der Waals surface area contributed by atoms with Gasteiger partial charge in [0.05, 0.1) is 6.04 Å². The predicted octanol–water partition coefficient (Wildman–Crippen LogP) is 1.29. The molecule has 1 unspecified atom stereocenters. The summed E-state index contributed by atoms with van der Waals surface area (Å²) < 4.78 is 0. The summed E-state index contributed by atoms with van der Waals surface area (Å²) >= 11 is 0. The Morgan fingerprint density at radius 1 is 1.28 bits per heavy atom. The Bertz CT molecular complexity index is 261. The summed E-state index contributed by atoms with van der Waals surface area (Å²) in [5.41, 5.74) is 0.00654. The average molecular weight is 256 g/mol. The number of nitrogens with one attached hydrogen (secondary N) is 2. The number of amides is 1. The van der Waals surface area contributed by atoms with Crippen LogP contribution in [0.5, 0.6) is 0 Å². The molecule has 4 heteroatoms. The summed E-state index contributed by atoms with van der Waals surface area (Å²) in [6.07, 6.45) is 4.51. The van der Waals surface area contributed by atoms with Gasteiger partial charge in [0.2, 0.25) is 5.91 Å². The van der Waals surface area contributed by atoms with Crippen molar-refractivity contribution in [1.82, 2.24) is 10.6 Å². The van der Waals surface area contributed by atoms with Crippen molar-refractivity contribution in [2.45, 2.75) is 52.5 Å². The zero-order chi connectivity index (χ0) is 13.6. The third kappa shape index (κ3) is 4.58. The highest BCUT2D eigenvalue weighted by atomic mass is 16.3. The molecule has 0 aromatic carbocycles. The molecule has 1 rings (SSSR count). The summed E-state index contributed by atoms with van der Waals surface area (Å²) in [4.78, 5) is 11.8. The molecule has 1 saturated carbocycles. The molecule has 0 aromatic rings. The molecule has 0 aromatic heterocycles. The van der Waals surface area contributed by atoms with Gasteiger partial charge >= 0.3 is 0 Å². The first kappa shape index (κ1) is 15.4. The first-order valence-corrected chi connectivity index (χ1v) is 7.11. The third-order valence-corrected chi connectivity index (χ3v) is 3.86. The van der Waals surface area contributed by atoms with Gasteiger partial charge in [0.25, 0.3) is 0 Å². The van der Waals surface area contributed by atoms with E-state index in [9.17, 15) is 9.90 Å². The zero-order valence-corrected chi connectivity index (χ0v) is 12.0. The van der Waals surface area contributed by atoms with Crippen LogP contribution in [0, 0.1) is 11.3 Å². The fourth-order valence-electron chi connectivity index (χ4n) is 2.44. The second kappa shape index (κ2) is 7.10. The highest BCUT2D eigenvalue weighted by molar-refractivity contribution is 5.81. The highest BCUT2D eigenvalue weighted by Crippen LogP contribution is 2.36. The molecule has 1 aliphatic rings. The van der Waals surface area contributed by atoms with Crippen LogP contribution >= 0.6 is 0 Å². The molecule has 1 fully saturated rings. The quantitative estimate of drug-likeness (QED) is 0.643. The van der Waals surface area contributed by atoms with Gasteiger partial charge in [-0.3, -0.25) is 4.79 Å². The van der Waals surface area contributed by atoms with E-state index in [1.807, 2.05) is 6.92 Å². The monoisotopic (exact) mass is 256 g/mol. The molecule has 1 atom stereocenters. The van der Waals surface area contributed by atoms with Crippen molar-refractivity contribution in [2.24, 2.45) is 11.3 Å². The third-order valence-electron chi connectivity index (χ3n) is 3.86. The van der Waals surface area contributed by atoms with E-state index in [1.54, 1.807) is 0 Å². The fourth-order valence-corrected chi connectivity index (χ4v) is 2.44. The van der Waals surface area contributed by atoms with Crippen molar-refractivity contribution in [2.75, 3.05) is 19.7 Å². The maximum absolute atomic E-state index is 11.8. The van der Waals surface area contributed by atoms with Gasteiger partial charge in [0.15, 0.2) is 0 Å². The van der Waals surface area contributed by atoms with Crippen molar-refractivity contribution in [1.29, 1.82) is 0 Å². The molecule has 0 aliphatic heterocycles. The fraction of sp³-hybridized carbons (Fsp3) is 0.929. The van der Waals surface area contributed by atoms with E-state index in [0.29, 0.717) is 5.92 Å². The summed E-state index contributed by atoms with van der Waals surface area (Å²) in [5, 5.41) is 15.7. The predicted molar refractivity (Wildman–Crippen MR) is 73.3 cm³/mol. The van der Waals surface area contributed by atoms with Crippen molar-refractivity contribution in [3.05, 3.63) is 0 Å². The normalized spacial score (nSPS) is 20.1. The van der Waals surface area contributed by atoms with Crippen LogP contribution in [0.3, 0.4) is 0 Å². The molecule has 106 valence electrons. The molecule has 0 radical (unpaired) electrons. The van der Waals surface area contributed by atoms with Crippen molar-refractivity contribution < 1.29 is 9.90 Å². The molecular formula is C14H28N2O2. The zero-order valence-electron chi connectivity index (χ0n) is 12.0. The van der Waals surface area contributed by atoms with Crippen LogP contribution in [0.15, 0.2) is 0 Å². The number of hydrogen-bond donors (Lipinski definition) is 3. The van der Waals surface area contributed by atoms with Crippen molar-refractivity contribution >= 4 is 5.91 Å². The summed E-state index contributed by atoms with van der Waals surface area (Å²) in [6.45, 7) is 7.72. The van der Waals surface area contributed by atoms with Crippen LogP contribution in [0.2, 0.25) is 0 Å².